The van der Waals surface area contributed by atoms with Crippen molar-refractivity contribution in [1.29, 1.82) is 0 Å². The van der Waals surface area contributed by atoms with E-state index in [1.807, 2.05) is 24.3 Å². The van der Waals surface area contributed by atoms with Crippen molar-refractivity contribution in [2.75, 3.05) is 13.1 Å². The van der Waals surface area contributed by atoms with Crippen molar-refractivity contribution in [2.24, 2.45) is 5.92 Å². The third kappa shape index (κ3) is 5.11. The first-order chi connectivity index (χ1) is 16.9. The Morgan fingerprint density at radius 1 is 1.14 bits per heavy atom. The number of aryl methyl sites for hydroxylation is 1. The zero-order valence-electron chi connectivity index (χ0n) is 19.6. The van der Waals surface area contributed by atoms with Crippen LogP contribution in [0.2, 0.25) is 5.02 Å². The lowest BCUT2D eigenvalue weighted by atomic mass is 9.66. The maximum absolute atomic E-state index is 14.9. The molecule has 0 radical (unpaired) electrons. The maximum atomic E-state index is 14.9. The zero-order chi connectivity index (χ0) is 24.4. The van der Waals surface area contributed by atoms with Crippen LogP contribution < -0.4 is 0 Å². The standard InChI is InChI=1S/C27H29ClFN3O3/c28-21-5-4-6-22(29)24(21)27(12-2-1-3-13-27)14-11-23-30-25(31-35-23)19-9-7-18(8-10-19)15-32-16-20(17-32)26(33)34/h4-10,20H,1-3,11-17H2,(H,33,34). The highest BCUT2D eigenvalue weighted by atomic mass is 35.5. The van der Waals surface area contributed by atoms with Gasteiger partial charge in [0.25, 0.3) is 0 Å². The van der Waals surface area contributed by atoms with Gasteiger partial charge in [-0.25, -0.2) is 4.39 Å². The summed E-state index contributed by atoms with van der Waals surface area (Å²) in [4.78, 5) is 17.7. The average Bonchev–Trinajstić information content (AvgIpc) is 3.30. The molecule has 1 saturated carbocycles. The number of halogens is 2. The highest BCUT2D eigenvalue weighted by molar-refractivity contribution is 6.31. The van der Waals surface area contributed by atoms with Crippen LogP contribution in [-0.2, 0) is 23.2 Å². The third-order valence-corrected chi connectivity index (χ3v) is 7.83. The molecule has 184 valence electrons. The molecule has 1 saturated heterocycles. The second kappa shape index (κ2) is 10.1. The van der Waals surface area contributed by atoms with Crippen LogP contribution in [0.15, 0.2) is 47.0 Å². The van der Waals surface area contributed by atoms with E-state index in [1.54, 1.807) is 12.1 Å². The molecular weight excluding hydrogens is 469 g/mol. The summed E-state index contributed by atoms with van der Waals surface area (Å²) in [5, 5.41) is 13.7. The fraction of sp³-hybridized carbons (Fsp3) is 0.444. The van der Waals surface area contributed by atoms with Gasteiger partial charge in [0.2, 0.25) is 11.7 Å². The topological polar surface area (TPSA) is 79.5 Å². The van der Waals surface area contributed by atoms with E-state index in [2.05, 4.69) is 15.0 Å². The molecule has 2 aromatic carbocycles. The van der Waals surface area contributed by atoms with Gasteiger partial charge in [0.15, 0.2) is 0 Å². The van der Waals surface area contributed by atoms with Crippen molar-refractivity contribution < 1.29 is 18.8 Å². The molecule has 0 amide bonds. The number of hydrogen-bond acceptors (Lipinski definition) is 5. The number of aliphatic carboxylic acids is 1. The first-order valence-electron chi connectivity index (χ1n) is 12.3. The summed E-state index contributed by atoms with van der Waals surface area (Å²) in [6.07, 6.45) is 6.35. The van der Waals surface area contributed by atoms with Crippen molar-refractivity contribution in [2.45, 2.75) is 56.9 Å². The quantitative estimate of drug-likeness (QED) is 0.418. The smallest absolute Gasteiger partial charge is 0.309 e. The number of aromatic nitrogens is 2. The molecule has 0 atom stereocenters. The highest BCUT2D eigenvalue weighted by Gasteiger charge is 2.38. The number of hydrogen-bond donors (Lipinski definition) is 1. The molecule has 2 fully saturated rings. The minimum absolute atomic E-state index is 0.234. The first kappa shape index (κ1) is 23.9. The Kier molecular flexibility index (Phi) is 6.89. The number of rotatable bonds is 8. The summed E-state index contributed by atoms with van der Waals surface area (Å²) in [6.45, 7) is 1.90. The van der Waals surface area contributed by atoms with Crippen LogP contribution in [0.1, 0.15) is 55.5 Å². The van der Waals surface area contributed by atoms with Crippen LogP contribution in [0.25, 0.3) is 11.4 Å². The summed E-state index contributed by atoms with van der Waals surface area (Å²) in [5.74, 6) is -0.141. The molecule has 1 aliphatic carbocycles. The number of likely N-dealkylation sites (tertiary alicyclic amines) is 1. The number of nitrogens with zero attached hydrogens (tertiary/aromatic N) is 3. The number of benzene rings is 2. The normalized spacial score (nSPS) is 18.3. The Labute approximate surface area is 209 Å². The molecule has 1 N–H and O–H groups in total. The van der Waals surface area contributed by atoms with Crippen LogP contribution in [0, 0.1) is 11.7 Å². The van der Waals surface area contributed by atoms with Gasteiger partial charge < -0.3 is 9.63 Å². The average molecular weight is 498 g/mol. The second-order valence-corrected chi connectivity index (χ2v) is 10.3. The van der Waals surface area contributed by atoms with Crippen LogP contribution >= 0.6 is 11.6 Å². The zero-order valence-corrected chi connectivity index (χ0v) is 20.3. The minimum atomic E-state index is -0.726. The molecule has 2 heterocycles. The fourth-order valence-electron chi connectivity index (χ4n) is 5.55. The number of carboxylic acids is 1. The predicted molar refractivity (Wildman–Crippen MR) is 131 cm³/mol. The molecule has 1 aliphatic heterocycles. The SMILES string of the molecule is O=C(O)C1CN(Cc2ccc(-c3noc(CCC4(c5c(F)cccc5Cl)CCCCC4)n3)cc2)C1. The van der Waals surface area contributed by atoms with Crippen molar-refractivity contribution in [3.63, 3.8) is 0 Å². The maximum Gasteiger partial charge on any atom is 0.309 e. The van der Waals surface area contributed by atoms with Gasteiger partial charge >= 0.3 is 5.97 Å². The Hall–Kier alpha value is -2.77. The molecule has 1 aromatic heterocycles. The molecule has 2 aliphatic rings. The Balaban J connectivity index is 1.24. The number of carbonyl (C=O) groups is 1. The summed E-state index contributed by atoms with van der Waals surface area (Å²) in [6, 6.07) is 12.9. The first-order valence-corrected chi connectivity index (χ1v) is 12.6. The van der Waals surface area contributed by atoms with E-state index in [9.17, 15) is 9.18 Å². The second-order valence-electron chi connectivity index (χ2n) is 9.88. The molecule has 6 nitrogen and oxygen atoms in total. The largest absolute Gasteiger partial charge is 0.481 e. The molecule has 0 unspecified atom stereocenters. The predicted octanol–water partition coefficient (Wildman–Crippen LogP) is 5.88. The highest BCUT2D eigenvalue weighted by Crippen LogP contribution is 2.46. The van der Waals surface area contributed by atoms with E-state index in [-0.39, 0.29) is 17.2 Å². The van der Waals surface area contributed by atoms with Gasteiger partial charge in [-0.2, -0.15) is 4.98 Å². The van der Waals surface area contributed by atoms with Crippen LogP contribution in [0.5, 0.6) is 0 Å². The van der Waals surface area contributed by atoms with Gasteiger partial charge in [-0.05, 0) is 37.0 Å². The van der Waals surface area contributed by atoms with Gasteiger partial charge in [-0.3, -0.25) is 9.69 Å². The van der Waals surface area contributed by atoms with Gasteiger partial charge in [-0.15, -0.1) is 0 Å². The van der Waals surface area contributed by atoms with Crippen molar-refractivity contribution >= 4 is 17.6 Å². The molecule has 0 bridgehead atoms. The van der Waals surface area contributed by atoms with Crippen LogP contribution in [-0.4, -0.2) is 39.2 Å². The van der Waals surface area contributed by atoms with E-state index < -0.39 is 5.97 Å². The van der Waals surface area contributed by atoms with Crippen molar-refractivity contribution in [1.82, 2.24) is 15.0 Å². The monoisotopic (exact) mass is 497 g/mol. The molecule has 3 aromatic rings. The summed E-state index contributed by atoms with van der Waals surface area (Å²) in [7, 11) is 0. The summed E-state index contributed by atoms with van der Waals surface area (Å²) < 4.78 is 20.4. The molecular formula is C27H29ClFN3O3. The van der Waals surface area contributed by atoms with Crippen LogP contribution in [0.4, 0.5) is 4.39 Å². The van der Waals surface area contributed by atoms with E-state index in [0.29, 0.717) is 48.2 Å². The molecule has 0 spiro atoms. The van der Waals surface area contributed by atoms with E-state index in [4.69, 9.17) is 21.2 Å². The van der Waals surface area contributed by atoms with Gasteiger partial charge in [0.05, 0.1) is 5.92 Å². The molecule has 35 heavy (non-hydrogen) atoms. The van der Waals surface area contributed by atoms with Crippen molar-refractivity contribution in [3.8, 4) is 11.4 Å². The lowest BCUT2D eigenvalue weighted by molar-refractivity contribution is -0.147. The Bertz CT molecular complexity index is 1160. The number of carboxylic acid groups (broad SMARTS) is 1. The minimum Gasteiger partial charge on any atom is -0.481 e. The van der Waals surface area contributed by atoms with E-state index in [1.165, 1.54) is 6.07 Å². The van der Waals surface area contributed by atoms with E-state index >= 15 is 0 Å². The summed E-state index contributed by atoms with van der Waals surface area (Å²) >= 11 is 6.48. The lowest BCUT2D eigenvalue weighted by Crippen LogP contribution is -2.49. The lowest BCUT2D eigenvalue weighted by Gasteiger charge is -2.38. The fourth-order valence-corrected chi connectivity index (χ4v) is 5.91. The third-order valence-electron chi connectivity index (χ3n) is 7.51. The van der Waals surface area contributed by atoms with Gasteiger partial charge in [0, 0.05) is 47.6 Å². The van der Waals surface area contributed by atoms with E-state index in [0.717, 1.165) is 49.8 Å². The Morgan fingerprint density at radius 3 is 2.57 bits per heavy atom. The van der Waals surface area contributed by atoms with Gasteiger partial charge in [-0.1, -0.05) is 66.4 Å². The molecule has 5 rings (SSSR count). The van der Waals surface area contributed by atoms with Gasteiger partial charge in [0.1, 0.15) is 5.82 Å². The van der Waals surface area contributed by atoms with Crippen molar-refractivity contribution in [3.05, 3.63) is 70.3 Å². The van der Waals surface area contributed by atoms with Crippen LogP contribution in [0.3, 0.4) is 0 Å². The molecule has 8 heteroatoms. The Morgan fingerprint density at radius 2 is 1.89 bits per heavy atom. The summed E-state index contributed by atoms with van der Waals surface area (Å²) in [5.41, 5.74) is 2.30.